The second kappa shape index (κ2) is 8.57. The van der Waals surface area contributed by atoms with Crippen LogP contribution in [0.4, 0.5) is 0 Å². The lowest BCUT2D eigenvalue weighted by Gasteiger charge is -2.58. The number of rotatable bonds is 6. The molecule has 4 aliphatic rings. The number of hydrogen-bond acceptors (Lipinski definition) is 1. The third kappa shape index (κ3) is 3.84. The molecule has 0 aromatic heterocycles. The average Bonchev–Trinajstić information content (AvgIpc) is 3.04. The van der Waals surface area contributed by atoms with Crippen LogP contribution in [-0.4, -0.2) is 5.54 Å². The molecule has 0 aromatic rings. The van der Waals surface area contributed by atoms with Gasteiger partial charge in [0, 0.05) is 5.54 Å². The number of fused-ring (bicyclic) bond motifs is 5. The van der Waals surface area contributed by atoms with E-state index in [4.69, 9.17) is 5.73 Å². The maximum atomic E-state index is 7.40. The van der Waals surface area contributed by atoms with Gasteiger partial charge in [0.2, 0.25) is 0 Å². The Morgan fingerprint density at radius 1 is 0.967 bits per heavy atom. The second-order valence-corrected chi connectivity index (χ2v) is 13.1. The van der Waals surface area contributed by atoms with Gasteiger partial charge in [-0.25, -0.2) is 0 Å². The van der Waals surface area contributed by atoms with Crippen molar-refractivity contribution < 1.29 is 0 Å². The Morgan fingerprint density at radius 3 is 2.43 bits per heavy atom. The zero-order valence-electron chi connectivity index (χ0n) is 21.1. The van der Waals surface area contributed by atoms with E-state index in [9.17, 15) is 0 Å². The van der Waals surface area contributed by atoms with Crippen molar-refractivity contribution in [3.63, 3.8) is 0 Å². The van der Waals surface area contributed by atoms with Crippen LogP contribution in [0.25, 0.3) is 0 Å². The van der Waals surface area contributed by atoms with Crippen LogP contribution in [0.5, 0.6) is 0 Å². The molecular formula is C29H51N. The quantitative estimate of drug-likeness (QED) is 0.439. The van der Waals surface area contributed by atoms with Crippen molar-refractivity contribution in [1.29, 1.82) is 0 Å². The molecule has 3 saturated carbocycles. The summed E-state index contributed by atoms with van der Waals surface area (Å²) < 4.78 is 0. The molecule has 4 aliphatic carbocycles. The van der Waals surface area contributed by atoms with Gasteiger partial charge >= 0.3 is 0 Å². The van der Waals surface area contributed by atoms with E-state index in [2.05, 4.69) is 47.6 Å². The summed E-state index contributed by atoms with van der Waals surface area (Å²) in [6.45, 7) is 14.8. The van der Waals surface area contributed by atoms with Gasteiger partial charge in [0.05, 0.1) is 0 Å². The SMILES string of the molecule is CC(C)CCCC(C)C1CCC2C3CC=C4CC(C(C)C)CCC4(C)C3CCC12N. The molecule has 4 rings (SSSR count). The molecule has 0 aliphatic heterocycles. The summed E-state index contributed by atoms with van der Waals surface area (Å²) in [6.07, 6.45) is 18.0. The Balaban J connectivity index is 1.48. The van der Waals surface area contributed by atoms with Gasteiger partial charge < -0.3 is 5.73 Å². The molecule has 1 heteroatoms. The molecular weight excluding hydrogens is 362 g/mol. The minimum atomic E-state index is 0.134. The van der Waals surface area contributed by atoms with Crippen molar-refractivity contribution in [2.45, 2.75) is 118 Å². The predicted octanol–water partition coefficient (Wildman–Crippen LogP) is 7.99. The average molecular weight is 414 g/mol. The third-order valence-corrected chi connectivity index (χ3v) is 10.9. The highest BCUT2D eigenvalue weighted by atomic mass is 14.8. The van der Waals surface area contributed by atoms with Crippen molar-refractivity contribution in [1.82, 2.24) is 0 Å². The van der Waals surface area contributed by atoms with Crippen LogP contribution in [0.3, 0.4) is 0 Å². The first kappa shape index (κ1) is 22.9. The van der Waals surface area contributed by atoms with Crippen molar-refractivity contribution >= 4 is 0 Å². The van der Waals surface area contributed by atoms with Gasteiger partial charge in [-0.05, 0) is 104 Å². The Labute approximate surface area is 188 Å². The summed E-state index contributed by atoms with van der Waals surface area (Å²) in [7, 11) is 0. The zero-order valence-corrected chi connectivity index (χ0v) is 21.1. The van der Waals surface area contributed by atoms with E-state index in [1.54, 1.807) is 0 Å². The molecule has 0 spiro atoms. The third-order valence-electron chi connectivity index (χ3n) is 10.9. The molecule has 2 N–H and O–H groups in total. The monoisotopic (exact) mass is 413 g/mol. The lowest BCUT2D eigenvalue weighted by Crippen LogP contribution is -2.59. The Morgan fingerprint density at radius 2 is 1.73 bits per heavy atom. The molecule has 0 aromatic carbocycles. The minimum absolute atomic E-state index is 0.134. The minimum Gasteiger partial charge on any atom is -0.325 e. The fourth-order valence-corrected chi connectivity index (χ4v) is 8.89. The van der Waals surface area contributed by atoms with Crippen molar-refractivity contribution in [2.24, 2.45) is 58.5 Å². The summed E-state index contributed by atoms with van der Waals surface area (Å²) in [5.74, 6) is 6.72. The van der Waals surface area contributed by atoms with Gasteiger partial charge in [-0.1, -0.05) is 72.5 Å². The van der Waals surface area contributed by atoms with Crippen LogP contribution >= 0.6 is 0 Å². The maximum absolute atomic E-state index is 7.40. The van der Waals surface area contributed by atoms with E-state index in [1.165, 1.54) is 70.6 Å². The van der Waals surface area contributed by atoms with Crippen molar-refractivity contribution in [3.8, 4) is 0 Å². The highest BCUT2D eigenvalue weighted by molar-refractivity contribution is 5.26. The summed E-state index contributed by atoms with van der Waals surface area (Å²) in [5, 5.41) is 0. The first-order valence-electron chi connectivity index (χ1n) is 13.6. The van der Waals surface area contributed by atoms with Crippen LogP contribution in [0.2, 0.25) is 0 Å². The van der Waals surface area contributed by atoms with Gasteiger partial charge in [0.1, 0.15) is 0 Å². The standard InChI is InChI=1S/C29H51N/c1-19(2)8-7-9-21(5)25-12-13-27-24-11-10-23-18-22(20(3)4)14-16-28(23,6)26(24)15-17-29(25,27)30/h10,19-22,24-27H,7-9,11-18,30H2,1-6H3. The van der Waals surface area contributed by atoms with Crippen LogP contribution in [0, 0.1) is 52.8 Å². The predicted molar refractivity (Wildman–Crippen MR) is 130 cm³/mol. The fraction of sp³-hybridized carbons (Fsp3) is 0.931. The largest absolute Gasteiger partial charge is 0.325 e. The second-order valence-electron chi connectivity index (χ2n) is 13.1. The summed E-state index contributed by atoms with van der Waals surface area (Å²) in [4.78, 5) is 0. The number of nitrogens with two attached hydrogens (primary N) is 1. The molecule has 0 heterocycles. The van der Waals surface area contributed by atoms with E-state index in [0.717, 1.165) is 47.3 Å². The molecule has 8 atom stereocenters. The molecule has 0 saturated heterocycles. The van der Waals surface area contributed by atoms with Crippen LogP contribution in [-0.2, 0) is 0 Å². The number of hydrogen-bond donors (Lipinski definition) is 1. The van der Waals surface area contributed by atoms with E-state index < -0.39 is 0 Å². The molecule has 0 amide bonds. The Hall–Kier alpha value is -0.300. The van der Waals surface area contributed by atoms with Gasteiger partial charge in [0.25, 0.3) is 0 Å². The lowest BCUT2D eigenvalue weighted by molar-refractivity contribution is -0.0203. The highest BCUT2D eigenvalue weighted by Crippen LogP contribution is 2.64. The van der Waals surface area contributed by atoms with Gasteiger partial charge in [-0.15, -0.1) is 0 Å². The van der Waals surface area contributed by atoms with Crippen LogP contribution < -0.4 is 5.73 Å². The maximum Gasteiger partial charge on any atom is 0.0217 e. The van der Waals surface area contributed by atoms with Crippen molar-refractivity contribution in [3.05, 3.63) is 11.6 Å². The van der Waals surface area contributed by atoms with Gasteiger partial charge in [-0.3, -0.25) is 0 Å². The Kier molecular flexibility index (Phi) is 6.53. The first-order valence-corrected chi connectivity index (χ1v) is 13.6. The van der Waals surface area contributed by atoms with Gasteiger partial charge in [-0.2, -0.15) is 0 Å². The van der Waals surface area contributed by atoms with Crippen LogP contribution in [0.1, 0.15) is 112 Å². The Bertz CT molecular complexity index is 632. The molecule has 3 fully saturated rings. The van der Waals surface area contributed by atoms with E-state index in [0.29, 0.717) is 5.41 Å². The summed E-state index contributed by atoms with van der Waals surface area (Å²) in [5.41, 5.74) is 9.86. The fourth-order valence-electron chi connectivity index (χ4n) is 8.89. The topological polar surface area (TPSA) is 26.0 Å². The van der Waals surface area contributed by atoms with E-state index in [1.807, 2.05) is 5.57 Å². The first-order chi connectivity index (χ1) is 14.2. The molecule has 172 valence electrons. The summed E-state index contributed by atoms with van der Waals surface area (Å²) >= 11 is 0. The van der Waals surface area contributed by atoms with Crippen molar-refractivity contribution in [2.75, 3.05) is 0 Å². The van der Waals surface area contributed by atoms with E-state index in [-0.39, 0.29) is 5.54 Å². The van der Waals surface area contributed by atoms with Crippen LogP contribution in [0.15, 0.2) is 11.6 Å². The molecule has 8 unspecified atom stereocenters. The summed E-state index contributed by atoms with van der Waals surface area (Å²) in [6, 6.07) is 0. The molecule has 0 radical (unpaired) electrons. The normalized spacial score (nSPS) is 44.4. The molecule has 1 nitrogen and oxygen atoms in total. The molecule has 0 bridgehead atoms. The lowest BCUT2D eigenvalue weighted by atomic mass is 9.47. The van der Waals surface area contributed by atoms with E-state index >= 15 is 0 Å². The van der Waals surface area contributed by atoms with Gasteiger partial charge in [0.15, 0.2) is 0 Å². The highest BCUT2D eigenvalue weighted by Gasteiger charge is 2.59. The smallest absolute Gasteiger partial charge is 0.0217 e. The zero-order chi connectivity index (χ0) is 21.7. The number of allylic oxidation sites excluding steroid dienone is 2. The molecule has 30 heavy (non-hydrogen) atoms.